The monoisotopic (exact) mass is 279 g/mol. The number of unbranched alkanes of at least 4 members (excludes halogenated alkanes) is 1. The van der Waals surface area contributed by atoms with Gasteiger partial charge in [-0.3, -0.25) is 5.32 Å². The molecule has 0 aliphatic heterocycles. The van der Waals surface area contributed by atoms with Gasteiger partial charge in [0.25, 0.3) is 0 Å². The minimum atomic E-state index is -0.318. The quantitative estimate of drug-likeness (QED) is 0.622. The summed E-state index contributed by atoms with van der Waals surface area (Å²) in [7, 11) is 0. The zero-order valence-electron chi connectivity index (χ0n) is 14.1. The fourth-order valence-electron chi connectivity index (χ4n) is 2.66. The fourth-order valence-corrected chi connectivity index (χ4v) is 2.66. The van der Waals surface area contributed by atoms with Crippen LogP contribution in [0.4, 0.5) is 0 Å². The van der Waals surface area contributed by atoms with E-state index >= 15 is 0 Å². The van der Waals surface area contributed by atoms with E-state index in [0.29, 0.717) is 12.1 Å². The molecule has 0 saturated heterocycles. The van der Waals surface area contributed by atoms with Crippen molar-refractivity contribution in [3.63, 3.8) is 0 Å². The van der Waals surface area contributed by atoms with Gasteiger partial charge in [0, 0.05) is 18.6 Å². The number of rotatable bonds is 10. The standard InChI is InChI=1S/C17H33N3/c1-14(2)12-20(15(3)4)11-7-6-10-17(5,13-18)19-16-8-9-16/h14-16,19H,6-12H2,1-5H3. The number of nitriles is 1. The van der Waals surface area contributed by atoms with E-state index in [1.807, 2.05) is 0 Å². The molecule has 0 aromatic carbocycles. The average Bonchev–Trinajstić information content (AvgIpc) is 3.16. The van der Waals surface area contributed by atoms with Crippen LogP contribution in [0.1, 0.15) is 66.7 Å². The Hall–Kier alpha value is -0.590. The molecule has 0 aromatic rings. The molecular formula is C17H33N3. The molecule has 116 valence electrons. The van der Waals surface area contributed by atoms with Crippen LogP contribution in [0.2, 0.25) is 0 Å². The maximum absolute atomic E-state index is 9.35. The van der Waals surface area contributed by atoms with Crippen LogP contribution in [-0.4, -0.2) is 35.6 Å². The molecule has 0 radical (unpaired) electrons. The Balaban J connectivity index is 2.26. The van der Waals surface area contributed by atoms with Gasteiger partial charge >= 0.3 is 0 Å². The molecule has 0 bridgehead atoms. The van der Waals surface area contributed by atoms with Gasteiger partial charge in [-0.05, 0) is 65.3 Å². The van der Waals surface area contributed by atoms with Gasteiger partial charge in [0.1, 0.15) is 5.54 Å². The summed E-state index contributed by atoms with van der Waals surface area (Å²) < 4.78 is 0. The highest BCUT2D eigenvalue weighted by Gasteiger charge is 2.31. The second-order valence-electron chi connectivity index (χ2n) is 7.30. The molecule has 1 saturated carbocycles. The minimum Gasteiger partial charge on any atom is -0.301 e. The van der Waals surface area contributed by atoms with Gasteiger partial charge in [0.15, 0.2) is 0 Å². The van der Waals surface area contributed by atoms with E-state index in [1.54, 1.807) is 0 Å². The summed E-state index contributed by atoms with van der Waals surface area (Å²) in [5, 5.41) is 12.8. The molecule has 0 aromatic heterocycles. The van der Waals surface area contributed by atoms with Crippen LogP contribution >= 0.6 is 0 Å². The van der Waals surface area contributed by atoms with Gasteiger partial charge in [-0.1, -0.05) is 13.8 Å². The van der Waals surface area contributed by atoms with Gasteiger partial charge in [-0.2, -0.15) is 5.26 Å². The first-order chi connectivity index (χ1) is 9.36. The van der Waals surface area contributed by atoms with Crippen LogP contribution in [0, 0.1) is 17.2 Å². The lowest BCUT2D eigenvalue weighted by Crippen LogP contribution is -2.42. The lowest BCUT2D eigenvalue weighted by molar-refractivity contribution is 0.192. The maximum Gasteiger partial charge on any atom is 0.104 e. The Bertz CT molecular complexity index is 315. The Morgan fingerprint density at radius 3 is 2.35 bits per heavy atom. The highest BCUT2D eigenvalue weighted by atomic mass is 15.1. The highest BCUT2D eigenvalue weighted by molar-refractivity contribution is 5.06. The minimum absolute atomic E-state index is 0.318. The third kappa shape index (κ3) is 6.72. The van der Waals surface area contributed by atoms with Crippen LogP contribution in [0.5, 0.6) is 0 Å². The van der Waals surface area contributed by atoms with Gasteiger partial charge < -0.3 is 4.90 Å². The first-order valence-corrected chi connectivity index (χ1v) is 8.29. The Labute approximate surface area is 125 Å². The van der Waals surface area contributed by atoms with E-state index in [0.717, 1.165) is 25.3 Å². The predicted molar refractivity (Wildman–Crippen MR) is 85.6 cm³/mol. The predicted octanol–water partition coefficient (Wildman–Crippen LogP) is 3.56. The fraction of sp³-hybridized carbons (Fsp3) is 0.941. The lowest BCUT2D eigenvalue weighted by Gasteiger charge is -2.29. The van der Waals surface area contributed by atoms with Crippen LogP contribution in [-0.2, 0) is 0 Å². The van der Waals surface area contributed by atoms with E-state index in [9.17, 15) is 5.26 Å². The molecule has 3 nitrogen and oxygen atoms in total. The SMILES string of the molecule is CC(C)CN(CCCCC(C)(C#N)NC1CC1)C(C)C. The number of hydrogen-bond acceptors (Lipinski definition) is 3. The van der Waals surface area contributed by atoms with E-state index in [4.69, 9.17) is 0 Å². The molecule has 20 heavy (non-hydrogen) atoms. The molecule has 1 atom stereocenters. The van der Waals surface area contributed by atoms with Crippen molar-refractivity contribution in [1.29, 1.82) is 5.26 Å². The number of nitrogens with one attached hydrogen (secondary N) is 1. The van der Waals surface area contributed by atoms with Crippen molar-refractivity contribution in [2.75, 3.05) is 13.1 Å². The lowest BCUT2D eigenvalue weighted by atomic mass is 9.96. The van der Waals surface area contributed by atoms with Crippen molar-refractivity contribution < 1.29 is 0 Å². The number of hydrogen-bond donors (Lipinski definition) is 1. The van der Waals surface area contributed by atoms with Gasteiger partial charge in [0.2, 0.25) is 0 Å². The Kier molecular flexibility index (Phi) is 6.99. The molecule has 1 unspecified atom stereocenters. The third-order valence-electron chi connectivity index (χ3n) is 4.05. The summed E-state index contributed by atoms with van der Waals surface area (Å²) in [6.45, 7) is 13.5. The first-order valence-electron chi connectivity index (χ1n) is 8.29. The Morgan fingerprint density at radius 1 is 1.25 bits per heavy atom. The summed E-state index contributed by atoms with van der Waals surface area (Å²) in [5.74, 6) is 0.721. The summed E-state index contributed by atoms with van der Waals surface area (Å²) in [6, 6.07) is 3.69. The molecule has 0 spiro atoms. The molecule has 1 fully saturated rings. The van der Waals surface area contributed by atoms with E-state index < -0.39 is 0 Å². The van der Waals surface area contributed by atoms with E-state index in [2.05, 4.69) is 50.9 Å². The normalized spacial score (nSPS) is 18.6. The smallest absolute Gasteiger partial charge is 0.104 e. The summed E-state index contributed by atoms with van der Waals surface area (Å²) in [6.07, 6.45) is 5.77. The second-order valence-corrected chi connectivity index (χ2v) is 7.30. The molecular weight excluding hydrogens is 246 g/mol. The van der Waals surface area contributed by atoms with Crippen molar-refractivity contribution in [3.05, 3.63) is 0 Å². The molecule has 3 heteroatoms. The summed E-state index contributed by atoms with van der Waals surface area (Å²) >= 11 is 0. The molecule has 1 N–H and O–H groups in total. The highest BCUT2D eigenvalue weighted by Crippen LogP contribution is 2.24. The zero-order chi connectivity index (χ0) is 15.2. The van der Waals surface area contributed by atoms with Crippen LogP contribution < -0.4 is 5.32 Å². The number of nitrogens with zero attached hydrogens (tertiary/aromatic N) is 2. The zero-order valence-corrected chi connectivity index (χ0v) is 14.1. The van der Waals surface area contributed by atoms with Crippen molar-refractivity contribution >= 4 is 0 Å². The van der Waals surface area contributed by atoms with Crippen LogP contribution in [0.3, 0.4) is 0 Å². The van der Waals surface area contributed by atoms with Crippen LogP contribution in [0.15, 0.2) is 0 Å². The van der Waals surface area contributed by atoms with Crippen molar-refractivity contribution in [2.45, 2.75) is 84.3 Å². The molecule has 0 heterocycles. The molecule has 1 aliphatic carbocycles. The van der Waals surface area contributed by atoms with Gasteiger partial charge in [-0.15, -0.1) is 0 Å². The van der Waals surface area contributed by atoms with Gasteiger partial charge in [-0.25, -0.2) is 0 Å². The second kappa shape index (κ2) is 8.00. The third-order valence-corrected chi connectivity index (χ3v) is 4.05. The van der Waals surface area contributed by atoms with Gasteiger partial charge in [0.05, 0.1) is 6.07 Å². The van der Waals surface area contributed by atoms with E-state index in [1.165, 1.54) is 25.8 Å². The van der Waals surface area contributed by atoms with Crippen molar-refractivity contribution in [3.8, 4) is 6.07 Å². The average molecular weight is 279 g/mol. The van der Waals surface area contributed by atoms with Crippen LogP contribution in [0.25, 0.3) is 0 Å². The summed E-state index contributed by atoms with van der Waals surface area (Å²) in [4.78, 5) is 2.56. The Morgan fingerprint density at radius 2 is 1.90 bits per heavy atom. The van der Waals surface area contributed by atoms with Crippen molar-refractivity contribution in [1.82, 2.24) is 10.2 Å². The molecule has 1 rings (SSSR count). The maximum atomic E-state index is 9.35. The largest absolute Gasteiger partial charge is 0.301 e. The van der Waals surface area contributed by atoms with Crippen molar-refractivity contribution in [2.24, 2.45) is 5.92 Å². The summed E-state index contributed by atoms with van der Waals surface area (Å²) in [5.41, 5.74) is -0.318. The molecule has 1 aliphatic rings. The van der Waals surface area contributed by atoms with E-state index in [-0.39, 0.29) is 5.54 Å². The molecule has 0 amide bonds. The topological polar surface area (TPSA) is 39.1 Å². The first kappa shape index (κ1) is 17.5.